The third-order valence-corrected chi connectivity index (χ3v) is 4.52. The number of rotatable bonds is 3. The van der Waals surface area contributed by atoms with Crippen LogP contribution in [-0.4, -0.2) is 95.0 Å². The fourth-order valence-corrected chi connectivity index (χ4v) is 3.22. The van der Waals surface area contributed by atoms with E-state index in [1.54, 1.807) is 0 Å². The lowest BCUT2D eigenvalue weighted by atomic mass is 10.4. The molecule has 1 saturated heterocycles. The normalized spacial score (nSPS) is 19.3. The maximum Gasteiger partial charge on any atom is 0.195 e. The number of hydrogen-bond donors (Lipinski definition) is 0. The summed E-state index contributed by atoms with van der Waals surface area (Å²) >= 11 is 0. The van der Waals surface area contributed by atoms with E-state index in [0.717, 1.165) is 12.5 Å². The van der Waals surface area contributed by atoms with Crippen LogP contribution in [0.5, 0.6) is 0 Å². The first-order valence-corrected chi connectivity index (χ1v) is 7.96. The van der Waals surface area contributed by atoms with E-state index < -0.39 is 9.84 Å². The highest BCUT2D eigenvalue weighted by atomic mass is 32.2. The molecule has 18 heavy (non-hydrogen) atoms. The minimum atomic E-state index is -2.78. The topological polar surface area (TPSA) is 56.2 Å². The van der Waals surface area contributed by atoms with Gasteiger partial charge in [-0.1, -0.05) is 0 Å². The van der Waals surface area contributed by atoms with E-state index in [-0.39, 0.29) is 11.5 Å². The van der Waals surface area contributed by atoms with Gasteiger partial charge in [-0.3, -0.25) is 9.89 Å². The Morgan fingerprint density at radius 3 is 2.06 bits per heavy atom. The van der Waals surface area contributed by atoms with Gasteiger partial charge in [0.25, 0.3) is 0 Å². The Hall–Kier alpha value is -0.820. The van der Waals surface area contributed by atoms with E-state index in [2.05, 4.69) is 9.89 Å². The Kier molecular flexibility index (Phi) is 5.40. The first kappa shape index (κ1) is 15.2. The molecule has 1 heterocycles. The maximum atomic E-state index is 11.3. The number of nitrogens with zero attached hydrogens (tertiary/aromatic N) is 4. The van der Waals surface area contributed by atoms with Gasteiger partial charge in [0, 0.05) is 47.8 Å². The molecule has 0 radical (unpaired) electrons. The molecule has 0 aromatic rings. The van der Waals surface area contributed by atoms with Crippen molar-refractivity contribution in [3.8, 4) is 0 Å². The van der Waals surface area contributed by atoms with Crippen molar-refractivity contribution in [3.63, 3.8) is 0 Å². The van der Waals surface area contributed by atoms with E-state index in [9.17, 15) is 8.42 Å². The molecule has 1 aliphatic heterocycles. The first-order valence-electron chi connectivity index (χ1n) is 6.14. The van der Waals surface area contributed by atoms with Crippen LogP contribution in [0, 0.1) is 0 Å². The molecule has 6 nitrogen and oxygen atoms in total. The maximum absolute atomic E-state index is 11.3. The summed E-state index contributed by atoms with van der Waals surface area (Å²) in [5.41, 5.74) is 0. The van der Waals surface area contributed by atoms with Gasteiger partial charge in [0.05, 0.1) is 18.1 Å². The molecular weight excluding hydrogens is 252 g/mol. The third kappa shape index (κ3) is 4.81. The first-order chi connectivity index (χ1) is 8.32. The van der Waals surface area contributed by atoms with Crippen LogP contribution in [0.3, 0.4) is 0 Å². The number of hydrogen-bond acceptors (Lipinski definition) is 4. The quantitative estimate of drug-likeness (QED) is 0.499. The van der Waals surface area contributed by atoms with E-state index in [1.165, 1.54) is 0 Å². The van der Waals surface area contributed by atoms with Crippen LogP contribution in [0.4, 0.5) is 0 Å². The molecular formula is C11H24N4O2S. The molecule has 0 saturated carbocycles. The summed E-state index contributed by atoms with van der Waals surface area (Å²) in [7, 11) is 5.08. The van der Waals surface area contributed by atoms with E-state index in [4.69, 9.17) is 0 Å². The van der Waals surface area contributed by atoms with Gasteiger partial charge in [-0.25, -0.2) is 8.42 Å². The van der Waals surface area contributed by atoms with E-state index in [1.807, 2.05) is 38.0 Å². The molecule has 1 fully saturated rings. The molecule has 106 valence electrons. The lowest BCUT2D eigenvalue weighted by Gasteiger charge is -2.27. The van der Waals surface area contributed by atoms with Crippen LogP contribution in [0.2, 0.25) is 0 Å². The van der Waals surface area contributed by atoms with Gasteiger partial charge in [0.15, 0.2) is 15.8 Å². The summed E-state index contributed by atoms with van der Waals surface area (Å²) in [4.78, 5) is 10.6. The van der Waals surface area contributed by atoms with Crippen molar-refractivity contribution in [2.45, 2.75) is 0 Å². The molecule has 1 rings (SSSR count). The van der Waals surface area contributed by atoms with Crippen molar-refractivity contribution >= 4 is 15.8 Å². The molecule has 0 unspecified atom stereocenters. The van der Waals surface area contributed by atoms with Gasteiger partial charge in [0.1, 0.15) is 0 Å². The number of guanidine groups is 1. The summed E-state index contributed by atoms with van der Waals surface area (Å²) in [5.74, 6) is 1.50. The molecule has 7 heteroatoms. The zero-order valence-corrected chi connectivity index (χ0v) is 12.6. The predicted molar refractivity (Wildman–Crippen MR) is 74.8 cm³/mol. The van der Waals surface area contributed by atoms with Crippen molar-refractivity contribution in [3.05, 3.63) is 0 Å². The fraction of sp³-hybridized carbons (Fsp3) is 0.909. The molecule has 0 aliphatic carbocycles. The highest BCUT2D eigenvalue weighted by Gasteiger charge is 2.20. The number of sulfone groups is 1. The Balaban J connectivity index is 2.40. The van der Waals surface area contributed by atoms with Gasteiger partial charge in [-0.2, -0.15) is 0 Å². The second-order valence-corrected chi connectivity index (χ2v) is 7.27. The Morgan fingerprint density at radius 2 is 1.61 bits per heavy atom. The molecule has 0 N–H and O–H groups in total. The minimum absolute atomic E-state index is 0.283. The van der Waals surface area contributed by atoms with Gasteiger partial charge in [0.2, 0.25) is 0 Å². The zero-order valence-electron chi connectivity index (χ0n) is 11.8. The Labute approximate surface area is 110 Å². The monoisotopic (exact) mass is 276 g/mol. The third-order valence-electron chi connectivity index (χ3n) is 2.91. The van der Waals surface area contributed by atoms with Crippen molar-refractivity contribution in [2.24, 2.45) is 4.99 Å². The van der Waals surface area contributed by atoms with Crippen LogP contribution in [0.15, 0.2) is 4.99 Å². The lowest BCUT2D eigenvalue weighted by Crippen LogP contribution is -2.42. The summed E-state index contributed by atoms with van der Waals surface area (Å²) in [6.45, 7) is 2.79. The molecule has 0 atom stereocenters. The molecule has 0 bridgehead atoms. The summed E-state index contributed by atoms with van der Waals surface area (Å²) in [6.07, 6.45) is 0. The highest BCUT2D eigenvalue weighted by Crippen LogP contribution is 2.03. The van der Waals surface area contributed by atoms with E-state index >= 15 is 0 Å². The van der Waals surface area contributed by atoms with Gasteiger partial charge in [-0.15, -0.1) is 0 Å². The van der Waals surface area contributed by atoms with Crippen molar-refractivity contribution in [1.82, 2.24) is 14.7 Å². The second kappa shape index (κ2) is 6.38. The Bertz CT molecular complexity index is 366. The van der Waals surface area contributed by atoms with Crippen molar-refractivity contribution in [1.29, 1.82) is 0 Å². The van der Waals surface area contributed by atoms with Gasteiger partial charge < -0.3 is 9.80 Å². The molecule has 0 spiro atoms. The lowest BCUT2D eigenvalue weighted by molar-refractivity contribution is 0.303. The van der Waals surface area contributed by atoms with Crippen LogP contribution in [0.25, 0.3) is 0 Å². The summed E-state index contributed by atoms with van der Waals surface area (Å²) in [5, 5.41) is 0. The van der Waals surface area contributed by atoms with Crippen LogP contribution < -0.4 is 0 Å². The molecule has 0 amide bonds. The molecule has 0 aromatic carbocycles. The van der Waals surface area contributed by atoms with Crippen LogP contribution in [0.1, 0.15) is 0 Å². The number of aliphatic imine (C=N–C) groups is 1. The van der Waals surface area contributed by atoms with Crippen molar-refractivity contribution < 1.29 is 8.42 Å². The highest BCUT2D eigenvalue weighted by molar-refractivity contribution is 7.91. The largest absolute Gasteiger partial charge is 0.349 e. The second-order valence-electron chi connectivity index (χ2n) is 4.96. The van der Waals surface area contributed by atoms with Gasteiger partial charge in [-0.05, 0) is 0 Å². The van der Waals surface area contributed by atoms with E-state index in [0.29, 0.717) is 19.6 Å². The average Bonchev–Trinajstić information content (AvgIpc) is 2.25. The average molecular weight is 276 g/mol. The predicted octanol–water partition coefficient (Wildman–Crippen LogP) is -0.804. The fourth-order valence-electron chi connectivity index (χ4n) is 1.95. The molecule has 0 aromatic heterocycles. The molecule has 1 aliphatic rings. The van der Waals surface area contributed by atoms with Crippen molar-refractivity contribution in [2.75, 3.05) is 65.9 Å². The smallest absolute Gasteiger partial charge is 0.195 e. The van der Waals surface area contributed by atoms with Crippen LogP contribution in [-0.2, 0) is 9.84 Å². The standard InChI is InChI=1S/C11H24N4O2S/c1-13(2)11(14(3)4)12-5-6-15-7-9-18(16,17)10-8-15/h5-10H2,1-4H3. The minimum Gasteiger partial charge on any atom is -0.349 e. The van der Waals surface area contributed by atoms with Crippen LogP contribution >= 0.6 is 0 Å². The Morgan fingerprint density at radius 1 is 1.11 bits per heavy atom. The summed E-state index contributed by atoms with van der Waals surface area (Å²) in [6, 6.07) is 0. The zero-order chi connectivity index (χ0) is 13.8. The SMILES string of the molecule is CN(C)C(=NCCN1CCS(=O)(=O)CC1)N(C)C. The van der Waals surface area contributed by atoms with Gasteiger partial charge >= 0.3 is 0 Å². The summed E-state index contributed by atoms with van der Waals surface area (Å²) < 4.78 is 22.6.